The van der Waals surface area contributed by atoms with Crippen molar-refractivity contribution in [2.24, 2.45) is 5.73 Å². The van der Waals surface area contributed by atoms with Crippen molar-refractivity contribution in [3.8, 4) is 0 Å². The van der Waals surface area contributed by atoms with Crippen molar-refractivity contribution < 1.29 is 8.76 Å². The van der Waals surface area contributed by atoms with Gasteiger partial charge in [-0.15, -0.1) is 0 Å². The first-order chi connectivity index (χ1) is 3.18. The van der Waals surface area contributed by atoms with Crippen LogP contribution in [0.2, 0.25) is 0 Å². The minimum atomic E-state index is -1.91. The quantitative estimate of drug-likeness (QED) is 0.356. The highest BCUT2D eigenvalue weighted by molar-refractivity contribution is 7.84. The summed E-state index contributed by atoms with van der Waals surface area (Å²) in [4.78, 5) is 0. The topological polar surface area (TPSA) is 63.3 Å². The van der Waals surface area contributed by atoms with E-state index in [-0.39, 0.29) is 5.75 Å². The lowest BCUT2D eigenvalue weighted by molar-refractivity contribution is 0.554. The summed E-state index contributed by atoms with van der Waals surface area (Å²) >= 11 is 1.77. The summed E-state index contributed by atoms with van der Waals surface area (Å²) in [7, 11) is 0. The van der Waals surface area contributed by atoms with Gasteiger partial charge >= 0.3 is 0 Å². The van der Waals surface area contributed by atoms with Crippen molar-refractivity contribution >= 4 is 23.7 Å². The summed E-state index contributed by atoms with van der Waals surface area (Å²) in [6.45, 7) is 0. The molecule has 44 valence electrons. The molecule has 0 bridgehead atoms. The second-order valence-electron chi connectivity index (χ2n) is 0.997. The van der Waals surface area contributed by atoms with E-state index in [0.29, 0.717) is 0 Å². The Hall–Kier alpha value is 0.420. The van der Waals surface area contributed by atoms with Crippen molar-refractivity contribution in [1.82, 2.24) is 0 Å². The molecule has 0 radical (unpaired) electrons. The molecule has 0 aromatic rings. The lowest BCUT2D eigenvalue weighted by atomic mass is 10.8. The molecule has 0 saturated heterocycles. The van der Waals surface area contributed by atoms with Crippen LogP contribution in [0.5, 0.6) is 0 Å². The van der Waals surface area contributed by atoms with Gasteiger partial charge < -0.3 is 10.3 Å². The molecule has 0 aliphatic rings. The first-order valence-corrected chi connectivity index (χ1v) is 3.45. The lowest BCUT2D eigenvalue weighted by Gasteiger charge is -1.97. The van der Waals surface area contributed by atoms with Gasteiger partial charge in [-0.05, 0) is 0 Å². The van der Waals surface area contributed by atoms with E-state index in [1.807, 2.05) is 0 Å². The van der Waals surface area contributed by atoms with Crippen LogP contribution >= 0.6 is 12.6 Å². The van der Waals surface area contributed by atoms with Crippen LogP contribution in [0, 0.1) is 0 Å². The minimum absolute atomic E-state index is 0.239. The van der Waals surface area contributed by atoms with Gasteiger partial charge in [-0.3, -0.25) is 0 Å². The Bertz CT molecular complexity index is 76.1. The van der Waals surface area contributed by atoms with E-state index >= 15 is 0 Å². The summed E-state index contributed by atoms with van der Waals surface area (Å²) in [6, 6.07) is 0. The van der Waals surface area contributed by atoms with E-state index in [0.717, 1.165) is 0 Å². The molecule has 0 saturated carbocycles. The van der Waals surface area contributed by atoms with Crippen LogP contribution in [0.3, 0.4) is 0 Å². The van der Waals surface area contributed by atoms with E-state index in [1.165, 1.54) is 0 Å². The van der Waals surface area contributed by atoms with Crippen LogP contribution in [-0.4, -0.2) is 19.9 Å². The van der Waals surface area contributed by atoms with E-state index in [2.05, 4.69) is 12.6 Å². The molecule has 0 spiro atoms. The van der Waals surface area contributed by atoms with Gasteiger partial charge in [0.25, 0.3) is 0 Å². The molecule has 0 aliphatic heterocycles. The Morgan fingerprint density at radius 3 is 2.43 bits per heavy atom. The van der Waals surface area contributed by atoms with Crippen LogP contribution in [0.1, 0.15) is 0 Å². The zero-order chi connectivity index (χ0) is 5.86. The average Bonchev–Trinajstić information content (AvgIpc) is 1.65. The van der Waals surface area contributed by atoms with Crippen molar-refractivity contribution in [3.05, 3.63) is 0 Å². The van der Waals surface area contributed by atoms with Gasteiger partial charge in [0.15, 0.2) is 11.1 Å². The van der Waals surface area contributed by atoms with Crippen molar-refractivity contribution in [2.45, 2.75) is 5.37 Å². The third kappa shape index (κ3) is 3.04. The molecule has 0 aromatic carbocycles. The van der Waals surface area contributed by atoms with Gasteiger partial charge in [0.05, 0.1) is 0 Å². The molecule has 5 heteroatoms. The Balaban J connectivity index is 3.34. The van der Waals surface area contributed by atoms with Crippen LogP contribution in [0.25, 0.3) is 0 Å². The highest BCUT2D eigenvalue weighted by atomic mass is 32.2. The summed E-state index contributed by atoms with van der Waals surface area (Å²) < 4.78 is 18.0. The number of hydrogen-bond donors (Lipinski definition) is 3. The SMILES string of the molecule is NC(CS)S(=O)O. The van der Waals surface area contributed by atoms with Gasteiger partial charge in [-0.1, -0.05) is 0 Å². The highest BCUT2D eigenvalue weighted by Gasteiger charge is 2.03. The smallest absolute Gasteiger partial charge is 0.171 e. The minimum Gasteiger partial charge on any atom is -0.315 e. The Morgan fingerprint density at radius 1 is 2.00 bits per heavy atom. The maximum atomic E-state index is 9.87. The molecule has 2 atom stereocenters. The number of hydrogen-bond acceptors (Lipinski definition) is 3. The predicted molar refractivity (Wildman–Crippen MR) is 32.6 cm³/mol. The largest absolute Gasteiger partial charge is 0.315 e. The highest BCUT2D eigenvalue weighted by Crippen LogP contribution is 1.85. The molecule has 0 rings (SSSR count). The maximum Gasteiger partial charge on any atom is 0.171 e. The van der Waals surface area contributed by atoms with Crippen LogP contribution in [0.4, 0.5) is 0 Å². The normalized spacial score (nSPS) is 18.7. The molecule has 3 N–H and O–H groups in total. The first kappa shape index (κ1) is 7.42. The fraction of sp³-hybridized carbons (Fsp3) is 1.00. The second kappa shape index (κ2) is 3.43. The molecular weight excluding hydrogens is 134 g/mol. The van der Waals surface area contributed by atoms with E-state index in [1.54, 1.807) is 0 Å². The van der Waals surface area contributed by atoms with E-state index < -0.39 is 16.5 Å². The third-order valence-corrected chi connectivity index (χ3v) is 1.76. The molecule has 7 heavy (non-hydrogen) atoms. The number of rotatable bonds is 2. The van der Waals surface area contributed by atoms with Gasteiger partial charge in [-0.25, -0.2) is 4.21 Å². The van der Waals surface area contributed by atoms with Gasteiger partial charge in [0.1, 0.15) is 5.37 Å². The van der Waals surface area contributed by atoms with Crippen LogP contribution in [-0.2, 0) is 11.1 Å². The molecule has 0 amide bonds. The van der Waals surface area contributed by atoms with Gasteiger partial charge in [-0.2, -0.15) is 12.6 Å². The monoisotopic (exact) mass is 141 g/mol. The Morgan fingerprint density at radius 2 is 2.43 bits per heavy atom. The first-order valence-electron chi connectivity index (χ1n) is 1.64. The number of nitrogens with two attached hydrogens (primary N) is 1. The zero-order valence-electron chi connectivity index (χ0n) is 3.57. The van der Waals surface area contributed by atoms with Gasteiger partial charge in [0, 0.05) is 5.75 Å². The fourth-order valence-corrected chi connectivity index (χ4v) is 0.574. The molecule has 0 aliphatic carbocycles. The summed E-state index contributed by atoms with van der Waals surface area (Å²) in [6.07, 6.45) is 0. The molecule has 3 nitrogen and oxygen atoms in total. The van der Waals surface area contributed by atoms with Crippen molar-refractivity contribution in [2.75, 3.05) is 5.75 Å². The fourth-order valence-electron chi connectivity index (χ4n) is 0.0638. The standard InChI is InChI=1S/C2H7NO2S2/c3-2(1-6)7(4)5/h2,6H,1,3H2,(H,4,5). The van der Waals surface area contributed by atoms with E-state index in [4.69, 9.17) is 10.3 Å². The zero-order valence-corrected chi connectivity index (χ0v) is 5.28. The number of thiol groups is 1. The van der Waals surface area contributed by atoms with Crippen molar-refractivity contribution in [3.63, 3.8) is 0 Å². The molecule has 0 heterocycles. The third-order valence-electron chi connectivity index (χ3n) is 0.439. The molecule has 0 fully saturated rings. The summed E-state index contributed by atoms with van der Waals surface area (Å²) in [5.74, 6) is 0.239. The molecule has 2 unspecified atom stereocenters. The molecule has 0 aromatic heterocycles. The average molecular weight is 141 g/mol. The van der Waals surface area contributed by atoms with Gasteiger partial charge in [0.2, 0.25) is 0 Å². The predicted octanol–water partition coefficient (Wildman–Crippen LogP) is -0.577. The maximum absolute atomic E-state index is 9.87. The lowest BCUT2D eigenvalue weighted by Crippen LogP contribution is -2.26. The summed E-state index contributed by atoms with van der Waals surface area (Å²) in [5.41, 5.74) is 4.99. The van der Waals surface area contributed by atoms with Crippen LogP contribution in [0.15, 0.2) is 0 Å². The second-order valence-corrected chi connectivity index (χ2v) is 2.52. The van der Waals surface area contributed by atoms with Crippen LogP contribution < -0.4 is 5.73 Å². The Kier molecular flexibility index (Phi) is 3.63. The molecular formula is C2H7NO2S2. The Labute approximate surface area is 50.0 Å². The summed E-state index contributed by atoms with van der Waals surface area (Å²) in [5, 5.41) is -0.705. The van der Waals surface area contributed by atoms with E-state index in [9.17, 15) is 4.21 Å². The van der Waals surface area contributed by atoms with Crippen molar-refractivity contribution in [1.29, 1.82) is 0 Å².